The van der Waals surface area contributed by atoms with E-state index in [9.17, 15) is 0 Å². The normalized spacial score (nSPS) is 11.7. The molecule has 0 bridgehead atoms. The first kappa shape index (κ1) is 11.4. The van der Waals surface area contributed by atoms with Crippen LogP contribution in [-0.4, -0.2) is 16.4 Å². The zero-order valence-electron chi connectivity index (χ0n) is 8.09. The average Bonchev–Trinajstić information content (AvgIpc) is 2.34. The first-order valence-electron chi connectivity index (χ1n) is 4.15. The third-order valence-corrected chi connectivity index (χ3v) is 3.45. The molecule has 1 aromatic rings. The largest absolute Gasteiger partial charge is 0.350 e. The van der Waals surface area contributed by atoms with Crippen molar-refractivity contribution in [3.8, 4) is 0 Å². The predicted octanol–water partition coefficient (Wildman–Crippen LogP) is 2.77. The second kappa shape index (κ2) is 5.27. The molecule has 0 aliphatic rings. The number of hydrogen-bond donors (Lipinski definition) is 0. The lowest BCUT2D eigenvalue weighted by Gasteiger charge is -2.03. The van der Waals surface area contributed by atoms with Crippen LogP contribution in [0.5, 0.6) is 0 Å². The Balaban J connectivity index is 2.61. The summed E-state index contributed by atoms with van der Waals surface area (Å²) in [5.74, 6) is 0. The van der Waals surface area contributed by atoms with Crippen LogP contribution < -0.4 is 0 Å². The van der Waals surface area contributed by atoms with Crippen LogP contribution >= 0.6 is 28.5 Å². The van der Waals surface area contributed by atoms with Crippen molar-refractivity contribution in [3.05, 3.63) is 17.0 Å². The topological polar surface area (TPSA) is 27.1 Å². The van der Waals surface area contributed by atoms with Gasteiger partial charge >= 0.3 is 0 Å². The molecule has 3 nitrogen and oxygen atoms in total. The van der Waals surface area contributed by atoms with Crippen LogP contribution in [0.2, 0.25) is 0 Å². The van der Waals surface area contributed by atoms with Crippen LogP contribution in [0, 0.1) is 20.8 Å². The van der Waals surface area contributed by atoms with Gasteiger partial charge in [0.05, 0.1) is 25.3 Å². The molecule has 5 heteroatoms. The van der Waals surface area contributed by atoms with E-state index in [1.165, 1.54) is 11.3 Å². The van der Waals surface area contributed by atoms with E-state index in [4.69, 9.17) is 4.52 Å². The van der Waals surface area contributed by atoms with Crippen molar-refractivity contribution in [2.24, 2.45) is 0 Å². The minimum Gasteiger partial charge on any atom is -0.350 e. The van der Waals surface area contributed by atoms with E-state index in [-0.39, 0.29) is 0 Å². The van der Waals surface area contributed by atoms with E-state index in [0.29, 0.717) is 6.45 Å². The molecule has 0 radical (unpaired) electrons. The molecule has 1 atom stereocenters. The third-order valence-electron chi connectivity index (χ3n) is 2.20. The summed E-state index contributed by atoms with van der Waals surface area (Å²) in [7, 11) is 0. The predicted molar refractivity (Wildman–Crippen MR) is 64.7 cm³/mol. The van der Waals surface area contributed by atoms with Crippen molar-refractivity contribution in [2.45, 2.75) is 27.3 Å². The fourth-order valence-electron chi connectivity index (χ4n) is 1.17. The molecule has 0 spiro atoms. The average molecular weight is 312 g/mol. The number of rotatable bonds is 4. The summed E-state index contributed by atoms with van der Waals surface area (Å²) >= 11 is 2.23. The summed E-state index contributed by atoms with van der Waals surface area (Å²) < 4.78 is 7.31. The van der Waals surface area contributed by atoms with E-state index in [1.807, 2.05) is 11.6 Å². The molecule has 0 saturated heterocycles. The van der Waals surface area contributed by atoms with Crippen molar-refractivity contribution in [2.75, 3.05) is 6.61 Å². The molecular weight excluding hydrogens is 298 g/mol. The first-order chi connectivity index (χ1) is 6.16. The van der Waals surface area contributed by atoms with Gasteiger partial charge in [0.15, 0.2) is 0 Å². The summed E-state index contributed by atoms with van der Waals surface area (Å²) in [5.41, 5.74) is 3.66. The van der Waals surface area contributed by atoms with Crippen molar-refractivity contribution in [1.29, 1.82) is 0 Å². The zero-order chi connectivity index (χ0) is 9.84. The first-order valence-corrected chi connectivity index (χ1v) is 8.17. The second-order valence-corrected chi connectivity index (χ2v) is 4.71. The molecule has 0 aromatic carbocycles. The molecule has 1 rings (SSSR count). The lowest BCUT2D eigenvalue weighted by molar-refractivity contribution is 0.333. The molecule has 1 unspecified atom stereocenters. The summed E-state index contributed by atoms with van der Waals surface area (Å²) in [6, 6.07) is 0. The molecule has 0 aliphatic heterocycles. The Labute approximate surface area is 93.6 Å². The Morgan fingerprint density at radius 1 is 1.46 bits per heavy atom. The molecule has 1 aromatic heterocycles. The summed E-state index contributed by atoms with van der Waals surface area (Å²) in [4.78, 5) is 0. The van der Waals surface area contributed by atoms with Gasteiger partial charge in [-0.2, -0.15) is 5.10 Å². The highest BCUT2D eigenvalue weighted by Crippen LogP contribution is 2.21. The molecule has 0 amide bonds. The number of aryl methyl sites for hydroxylation is 1. The van der Waals surface area contributed by atoms with E-state index in [2.05, 4.69) is 41.0 Å². The van der Waals surface area contributed by atoms with Crippen molar-refractivity contribution < 1.29 is 4.52 Å². The standard InChI is InChI=1S/C8H14IN2OP/c1-6-7(2)10-11(8(6)3)4-5-12-13-9/h13H,4-5H2,1-3H3. The van der Waals surface area contributed by atoms with Gasteiger partial charge in [0.25, 0.3) is 0 Å². The van der Waals surface area contributed by atoms with Crippen LogP contribution in [0.15, 0.2) is 0 Å². The van der Waals surface area contributed by atoms with E-state index in [0.717, 1.165) is 18.8 Å². The fourth-order valence-corrected chi connectivity index (χ4v) is 2.00. The maximum absolute atomic E-state index is 5.30. The Morgan fingerprint density at radius 3 is 2.62 bits per heavy atom. The van der Waals surface area contributed by atoms with Gasteiger partial charge in [-0.15, -0.1) is 0 Å². The highest BCUT2D eigenvalue weighted by atomic mass is 127. The smallest absolute Gasteiger partial charge is 0.0794 e. The Hall–Kier alpha value is 0.330. The Bertz CT molecular complexity index is 288. The lowest BCUT2D eigenvalue weighted by Crippen LogP contribution is -2.06. The monoisotopic (exact) mass is 312 g/mol. The Morgan fingerprint density at radius 2 is 2.15 bits per heavy atom. The molecule has 0 N–H and O–H groups in total. The number of aromatic nitrogens is 2. The molecule has 1 heterocycles. The van der Waals surface area contributed by atoms with Gasteiger partial charge < -0.3 is 4.52 Å². The Kier molecular flexibility index (Phi) is 4.62. The molecule has 0 saturated carbocycles. The van der Waals surface area contributed by atoms with E-state index < -0.39 is 0 Å². The van der Waals surface area contributed by atoms with Crippen LogP contribution in [0.1, 0.15) is 17.0 Å². The third kappa shape index (κ3) is 2.89. The quantitative estimate of drug-likeness (QED) is 0.486. The SMILES string of the molecule is Cc1nn(CCOPI)c(C)c1C. The molecule has 13 heavy (non-hydrogen) atoms. The van der Waals surface area contributed by atoms with Gasteiger partial charge in [-0.1, -0.05) is 0 Å². The summed E-state index contributed by atoms with van der Waals surface area (Å²) in [6.45, 7) is 8.40. The van der Waals surface area contributed by atoms with Crippen LogP contribution in [-0.2, 0) is 11.1 Å². The number of hydrogen-bond acceptors (Lipinski definition) is 2. The number of halogens is 1. The molecule has 74 valence electrons. The van der Waals surface area contributed by atoms with Crippen molar-refractivity contribution >= 4 is 28.5 Å². The molecule has 0 fully saturated rings. The minimum absolute atomic E-state index is 0.539. The second-order valence-electron chi connectivity index (χ2n) is 2.94. The maximum atomic E-state index is 5.30. The van der Waals surface area contributed by atoms with Gasteiger partial charge in [0, 0.05) is 5.69 Å². The fraction of sp³-hybridized carbons (Fsp3) is 0.625. The molecule has 0 aliphatic carbocycles. The number of nitrogens with zero attached hydrogens (tertiary/aromatic N) is 2. The molecular formula is C8H14IN2OP. The van der Waals surface area contributed by atoms with Crippen molar-refractivity contribution in [3.63, 3.8) is 0 Å². The van der Waals surface area contributed by atoms with Gasteiger partial charge in [-0.05, 0) is 48.4 Å². The van der Waals surface area contributed by atoms with Gasteiger partial charge in [-0.25, -0.2) is 0 Å². The van der Waals surface area contributed by atoms with E-state index in [1.54, 1.807) is 0 Å². The minimum atomic E-state index is 0.539. The van der Waals surface area contributed by atoms with Crippen molar-refractivity contribution in [1.82, 2.24) is 9.78 Å². The van der Waals surface area contributed by atoms with Gasteiger partial charge in [0.2, 0.25) is 0 Å². The highest BCUT2D eigenvalue weighted by Gasteiger charge is 2.05. The van der Waals surface area contributed by atoms with Crippen LogP contribution in [0.3, 0.4) is 0 Å². The van der Waals surface area contributed by atoms with Crippen LogP contribution in [0.4, 0.5) is 0 Å². The van der Waals surface area contributed by atoms with Gasteiger partial charge in [0.1, 0.15) is 0 Å². The van der Waals surface area contributed by atoms with E-state index >= 15 is 0 Å². The lowest BCUT2D eigenvalue weighted by atomic mass is 10.2. The van der Waals surface area contributed by atoms with Gasteiger partial charge in [-0.3, -0.25) is 4.68 Å². The maximum Gasteiger partial charge on any atom is 0.0794 e. The van der Waals surface area contributed by atoms with Crippen LogP contribution in [0.25, 0.3) is 0 Å². The zero-order valence-corrected chi connectivity index (χ0v) is 11.3. The summed E-state index contributed by atoms with van der Waals surface area (Å²) in [5, 5.41) is 4.42. The highest BCUT2D eigenvalue weighted by molar-refractivity contribution is 14.2. The summed E-state index contributed by atoms with van der Waals surface area (Å²) in [6.07, 6.45) is 0.